The topological polar surface area (TPSA) is 72.5 Å². The Kier molecular flexibility index (Phi) is 3.83. The van der Waals surface area contributed by atoms with Gasteiger partial charge in [0.15, 0.2) is 9.84 Å². The predicted octanol–water partition coefficient (Wildman–Crippen LogP) is 1.13. The van der Waals surface area contributed by atoms with Gasteiger partial charge in [-0.1, -0.05) is 0 Å². The van der Waals surface area contributed by atoms with Gasteiger partial charge in [-0.05, 0) is 24.5 Å². The van der Waals surface area contributed by atoms with Crippen LogP contribution in [0.4, 0.5) is 0 Å². The molecular weight excluding hydrogens is 298 g/mol. The van der Waals surface area contributed by atoms with Crippen molar-refractivity contribution >= 4 is 27.1 Å². The monoisotopic (exact) mass is 315 g/mol. The summed E-state index contributed by atoms with van der Waals surface area (Å²) in [4.78, 5) is 13.9. The van der Waals surface area contributed by atoms with E-state index in [1.165, 1.54) is 16.2 Å². The van der Waals surface area contributed by atoms with E-state index in [0.717, 1.165) is 12.0 Å². The average molecular weight is 315 g/mol. The molecule has 3 rings (SSSR count). The number of carbonyl (C=O) groups excluding carboxylic acids is 1. The zero-order valence-electron chi connectivity index (χ0n) is 11.1. The second kappa shape index (κ2) is 5.46. The normalized spacial score (nSPS) is 24.3. The molecular formula is C13H17NO4S2. The summed E-state index contributed by atoms with van der Waals surface area (Å²) in [5, 5.41) is 2.34. The largest absolute Gasteiger partial charge is 0.376 e. The number of amides is 1. The van der Waals surface area contributed by atoms with Crippen molar-refractivity contribution < 1.29 is 17.9 Å². The molecule has 0 aromatic carbocycles. The van der Waals surface area contributed by atoms with Crippen molar-refractivity contribution in [1.29, 1.82) is 0 Å². The van der Waals surface area contributed by atoms with Gasteiger partial charge in [0.1, 0.15) is 0 Å². The molecule has 2 aliphatic rings. The molecule has 1 saturated heterocycles. The second-order valence-corrected chi connectivity index (χ2v) is 8.74. The Hall–Kier alpha value is -0.920. The molecule has 1 atom stereocenters. The van der Waals surface area contributed by atoms with Crippen LogP contribution in [0.2, 0.25) is 0 Å². The van der Waals surface area contributed by atoms with E-state index < -0.39 is 15.1 Å². The van der Waals surface area contributed by atoms with Gasteiger partial charge in [-0.25, -0.2) is 8.42 Å². The minimum atomic E-state index is -3.00. The molecule has 0 bridgehead atoms. The predicted molar refractivity (Wildman–Crippen MR) is 76.8 cm³/mol. The molecule has 110 valence electrons. The maximum Gasteiger partial charge on any atom is 0.261 e. The number of sulfone groups is 1. The number of rotatable bonds is 3. The first kappa shape index (κ1) is 14.0. The maximum atomic E-state index is 12.1. The Bertz CT molecular complexity index is 597. The minimum Gasteiger partial charge on any atom is -0.376 e. The molecule has 0 aliphatic carbocycles. The third-order valence-electron chi connectivity index (χ3n) is 3.80. The number of carbonyl (C=O) groups is 1. The van der Waals surface area contributed by atoms with Gasteiger partial charge in [-0.2, -0.15) is 0 Å². The molecule has 1 amide bonds. The van der Waals surface area contributed by atoms with Crippen LogP contribution in [0.1, 0.15) is 33.0 Å². The molecule has 2 aliphatic heterocycles. The smallest absolute Gasteiger partial charge is 0.261 e. The standard InChI is InChI=1S/C13H17NO4S2/c15-13(14-7-10-2-1-5-20(10,16)17)12-6-9-8-18-4-3-11(9)19-12/h6,10H,1-5,7-8H2,(H,14,15). The summed E-state index contributed by atoms with van der Waals surface area (Å²) >= 11 is 1.48. The highest BCUT2D eigenvalue weighted by Crippen LogP contribution is 2.27. The highest BCUT2D eigenvalue weighted by atomic mass is 32.2. The van der Waals surface area contributed by atoms with E-state index in [-0.39, 0.29) is 18.2 Å². The van der Waals surface area contributed by atoms with Gasteiger partial charge in [-0.3, -0.25) is 4.79 Å². The molecule has 1 fully saturated rings. The fourth-order valence-electron chi connectivity index (χ4n) is 2.64. The van der Waals surface area contributed by atoms with E-state index in [9.17, 15) is 13.2 Å². The summed E-state index contributed by atoms with van der Waals surface area (Å²) in [6.07, 6.45) is 2.20. The zero-order chi connectivity index (χ0) is 14.2. The van der Waals surface area contributed by atoms with E-state index in [0.29, 0.717) is 30.9 Å². The summed E-state index contributed by atoms with van der Waals surface area (Å²) in [6, 6.07) is 1.86. The van der Waals surface area contributed by atoms with Crippen molar-refractivity contribution in [2.24, 2.45) is 0 Å². The average Bonchev–Trinajstić information content (AvgIpc) is 2.98. The van der Waals surface area contributed by atoms with E-state index >= 15 is 0 Å². The zero-order valence-corrected chi connectivity index (χ0v) is 12.7. The molecule has 1 unspecified atom stereocenters. The summed E-state index contributed by atoms with van der Waals surface area (Å²) in [5.41, 5.74) is 1.08. The van der Waals surface area contributed by atoms with Crippen molar-refractivity contribution in [3.8, 4) is 0 Å². The third-order valence-corrected chi connectivity index (χ3v) is 7.32. The molecule has 1 aromatic rings. The first-order chi connectivity index (χ1) is 9.56. The van der Waals surface area contributed by atoms with Crippen molar-refractivity contribution in [1.82, 2.24) is 5.32 Å². The third kappa shape index (κ3) is 2.75. The summed E-state index contributed by atoms with van der Waals surface area (Å²) in [6.45, 7) is 1.49. The minimum absolute atomic E-state index is 0.175. The Labute approximate surface area is 122 Å². The highest BCUT2D eigenvalue weighted by Gasteiger charge is 2.31. The van der Waals surface area contributed by atoms with Gasteiger partial charge in [0.2, 0.25) is 0 Å². The van der Waals surface area contributed by atoms with Crippen LogP contribution in [0.5, 0.6) is 0 Å². The second-order valence-electron chi connectivity index (χ2n) is 5.20. The lowest BCUT2D eigenvalue weighted by molar-refractivity contribution is 0.0957. The van der Waals surface area contributed by atoms with Crippen LogP contribution in [0, 0.1) is 0 Å². The fraction of sp³-hybridized carbons (Fsp3) is 0.615. The molecule has 3 heterocycles. The van der Waals surface area contributed by atoms with E-state index in [1.54, 1.807) is 0 Å². The molecule has 20 heavy (non-hydrogen) atoms. The van der Waals surface area contributed by atoms with Crippen LogP contribution in [-0.2, 0) is 27.6 Å². The molecule has 0 saturated carbocycles. The van der Waals surface area contributed by atoms with Gasteiger partial charge in [-0.15, -0.1) is 11.3 Å². The lowest BCUT2D eigenvalue weighted by Crippen LogP contribution is -2.34. The first-order valence-corrected chi connectivity index (χ1v) is 9.28. The quantitative estimate of drug-likeness (QED) is 0.907. The van der Waals surface area contributed by atoms with Crippen LogP contribution in [-0.4, -0.2) is 38.5 Å². The van der Waals surface area contributed by atoms with Crippen LogP contribution >= 0.6 is 11.3 Å². The number of thiophene rings is 1. The van der Waals surface area contributed by atoms with Crippen LogP contribution < -0.4 is 5.32 Å². The molecule has 1 aromatic heterocycles. The van der Waals surface area contributed by atoms with Crippen LogP contribution in [0.25, 0.3) is 0 Å². The van der Waals surface area contributed by atoms with Crippen molar-refractivity contribution in [2.45, 2.75) is 31.1 Å². The van der Waals surface area contributed by atoms with Gasteiger partial charge in [0.05, 0.1) is 29.1 Å². The number of nitrogens with one attached hydrogen (secondary N) is 1. The van der Waals surface area contributed by atoms with Gasteiger partial charge in [0.25, 0.3) is 5.91 Å². The van der Waals surface area contributed by atoms with Gasteiger partial charge >= 0.3 is 0 Å². The first-order valence-electron chi connectivity index (χ1n) is 6.75. The number of hydrogen-bond donors (Lipinski definition) is 1. The Morgan fingerprint density at radius 3 is 3.05 bits per heavy atom. The molecule has 0 spiro atoms. The summed E-state index contributed by atoms with van der Waals surface area (Å²) in [5.74, 6) is 0.0737. The number of hydrogen-bond acceptors (Lipinski definition) is 5. The van der Waals surface area contributed by atoms with Crippen molar-refractivity contribution in [3.63, 3.8) is 0 Å². The lowest BCUT2D eigenvalue weighted by atomic mass is 10.2. The van der Waals surface area contributed by atoms with Crippen LogP contribution in [0.3, 0.4) is 0 Å². The summed E-state index contributed by atoms with van der Waals surface area (Å²) < 4.78 is 28.8. The summed E-state index contributed by atoms with van der Waals surface area (Å²) in [7, 11) is -3.00. The van der Waals surface area contributed by atoms with Crippen molar-refractivity contribution in [2.75, 3.05) is 18.9 Å². The van der Waals surface area contributed by atoms with Crippen LogP contribution in [0.15, 0.2) is 6.07 Å². The maximum absolute atomic E-state index is 12.1. The van der Waals surface area contributed by atoms with Gasteiger partial charge < -0.3 is 10.1 Å². The highest BCUT2D eigenvalue weighted by molar-refractivity contribution is 7.92. The molecule has 1 N–H and O–H groups in total. The SMILES string of the molecule is O=C(NCC1CCCS1(=O)=O)c1cc2c(s1)CCOC2. The Balaban J connectivity index is 1.63. The van der Waals surface area contributed by atoms with E-state index in [2.05, 4.69) is 5.32 Å². The van der Waals surface area contributed by atoms with E-state index in [4.69, 9.17) is 4.74 Å². The number of ether oxygens (including phenoxy) is 1. The lowest BCUT2D eigenvalue weighted by Gasteiger charge is -2.10. The molecule has 5 nitrogen and oxygen atoms in total. The number of fused-ring (bicyclic) bond motifs is 1. The molecule has 0 radical (unpaired) electrons. The van der Waals surface area contributed by atoms with Gasteiger partial charge in [0, 0.05) is 17.8 Å². The van der Waals surface area contributed by atoms with Crippen molar-refractivity contribution in [3.05, 3.63) is 21.4 Å². The Morgan fingerprint density at radius 1 is 1.50 bits per heavy atom. The molecule has 7 heteroatoms. The fourth-order valence-corrected chi connectivity index (χ4v) is 5.47. The van der Waals surface area contributed by atoms with E-state index in [1.807, 2.05) is 6.07 Å². The Morgan fingerprint density at radius 2 is 2.35 bits per heavy atom.